The highest BCUT2D eigenvalue weighted by Crippen LogP contribution is 2.27. The zero-order chi connectivity index (χ0) is 15.4. The topological polar surface area (TPSA) is 40.9 Å². The van der Waals surface area contributed by atoms with E-state index in [2.05, 4.69) is 0 Å². The molecule has 0 spiro atoms. The van der Waals surface area contributed by atoms with Crippen molar-refractivity contribution in [1.29, 1.82) is 5.26 Å². The highest BCUT2D eigenvalue weighted by atomic mass is 35.5. The molecule has 21 heavy (non-hydrogen) atoms. The number of aryl methyl sites for hydroxylation is 1. The van der Waals surface area contributed by atoms with Gasteiger partial charge in [-0.05, 0) is 30.7 Å². The third-order valence-electron chi connectivity index (χ3n) is 2.93. The van der Waals surface area contributed by atoms with E-state index in [1.54, 1.807) is 36.4 Å². The summed E-state index contributed by atoms with van der Waals surface area (Å²) in [6.07, 6.45) is 1.46. The van der Waals surface area contributed by atoms with E-state index >= 15 is 0 Å². The molecule has 0 radical (unpaired) electrons. The number of nitriles is 1. The minimum Gasteiger partial charge on any atom is -0.288 e. The second-order valence-corrected chi connectivity index (χ2v) is 5.30. The Bertz CT molecular complexity index is 773. The first kappa shape index (κ1) is 15.3. The lowest BCUT2D eigenvalue weighted by atomic mass is 10.0. The maximum Gasteiger partial charge on any atom is 0.203 e. The van der Waals surface area contributed by atoms with Crippen molar-refractivity contribution in [2.45, 2.75) is 6.92 Å². The van der Waals surface area contributed by atoms with Crippen molar-refractivity contribution in [3.63, 3.8) is 0 Å². The molecule has 0 aromatic heterocycles. The number of hydrogen-bond donors (Lipinski definition) is 0. The Labute approximate surface area is 133 Å². The van der Waals surface area contributed by atoms with Crippen LogP contribution in [0.5, 0.6) is 0 Å². The van der Waals surface area contributed by atoms with E-state index in [0.717, 1.165) is 5.56 Å². The maximum absolute atomic E-state index is 12.4. The highest BCUT2D eigenvalue weighted by molar-refractivity contribution is 6.43. The number of halogens is 2. The molecule has 0 amide bonds. The van der Waals surface area contributed by atoms with Crippen LogP contribution in [0.1, 0.15) is 21.5 Å². The van der Waals surface area contributed by atoms with Crippen LogP contribution in [0.25, 0.3) is 6.08 Å². The second kappa shape index (κ2) is 6.58. The first-order valence-electron chi connectivity index (χ1n) is 6.20. The van der Waals surface area contributed by atoms with Crippen LogP contribution >= 0.6 is 23.2 Å². The van der Waals surface area contributed by atoms with Crippen molar-refractivity contribution < 1.29 is 4.79 Å². The minimum absolute atomic E-state index is 0.0183. The van der Waals surface area contributed by atoms with Crippen molar-refractivity contribution in [2.24, 2.45) is 0 Å². The number of benzene rings is 2. The number of hydrogen-bond acceptors (Lipinski definition) is 2. The molecule has 2 aromatic carbocycles. The van der Waals surface area contributed by atoms with E-state index in [9.17, 15) is 10.1 Å². The number of nitrogens with zero attached hydrogens (tertiary/aromatic N) is 1. The Morgan fingerprint density at radius 3 is 2.57 bits per heavy atom. The lowest BCUT2D eigenvalue weighted by molar-refractivity contribution is 0.104. The van der Waals surface area contributed by atoms with Crippen molar-refractivity contribution >= 4 is 35.1 Å². The molecule has 0 N–H and O–H groups in total. The molecule has 0 fully saturated rings. The number of carbonyl (C=O) groups excluding carboxylic acids is 1. The molecule has 104 valence electrons. The van der Waals surface area contributed by atoms with Gasteiger partial charge in [-0.3, -0.25) is 4.79 Å². The van der Waals surface area contributed by atoms with E-state index in [4.69, 9.17) is 23.2 Å². The van der Waals surface area contributed by atoms with Crippen LogP contribution in [-0.4, -0.2) is 5.78 Å². The Morgan fingerprint density at radius 2 is 1.90 bits per heavy atom. The van der Waals surface area contributed by atoms with Gasteiger partial charge in [-0.15, -0.1) is 0 Å². The molecule has 0 heterocycles. The predicted octanol–water partition coefficient (Wildman–Crippen LogP) is 5.09. The first-order chi connectivity index (χ1) is 10.0. The van der Waals surface area contributed by atoms with E-state index in [1.807, 2.05) is 19.1 Å². The third kappa shape index (κ3) is 3.52. The summed E-state index contributed by atoms with van der Waals surface area (Å²) < 4.78 is 0. The largest absolute Gasteiger partial charge is 0.288 e. The standard InChI is InChI=1S/C17H11Cl2NO/c1-11-4-2-6-13(8-11)17(21)14(10-20)9-12-5-3-7-15(18)16(12)19/h2-9H,1H3/b14-9+. The normalized spacial score (nSPS) is 11.0. The molecule has 0 aliphatic rings. The summed E-state index contributed by atoms with van der Waals surface area (Å²) in [5.74, 6) is -0.336. The van der Waals surface area contributed by atoms with E-state index in [-0.39, 0.29) is 11.4 Å². The van der Waals surface area contributed by atoms with Gasteiger partial charge in [0.1, 0.15) is 11.6 Å². The van der Waals surface area contributed by atoms with Gasteiger partial charge in [0.05, 0.1) is 10.0 Å². The van der Waals surface area contributed by atoms with Crippen LogP contribution in [0.3, 0.4) is 0 Å². The molecule has 0 unspecified atom stereocenters. The number of ketones is 1. The highest BCUT2D eigenvalue weighted by Gasteiger charge is 2.13. The molecule has 0 saturated carbocycles. The van der Waals surface area contributed by atoms with Gasteiger partial charge < -0.3 is 0 Å². The van der Waals surface area contributed by atoms with Crippen molar-refractivity contribution in [3.8, 4) is 6.07 Å². The van der Waals surface area contributed by atoms with Crippen LogP contribution in [0.15, 0.2) is 48.0 Å². The van der Waals surface area contributed by atoms with Crippen molar-refractivity contribution in [1.82, 2.24) is 0 Å². The fraction of sp³-hybridized carbons (Fsp3) is 0.0588. The third-order valence-corrected chi connectivity index (χ3v) is 3.76. The average Bonchev–Trinajstić information content (AvgIpc) is 2.48. The van der Waals surface area contributed by atoms with Gasteiger partial charge in [0.25, 0.3) is 0 Å². The minimum atomic E-state index is -0.336. The van der Waals surface area contributed by atoms with Gasteiger partial charge in [0.15, 0.2) is 0 Å². The van der Waals surface area contributed by atoms with Crippen LogP contribution in [0.4, 0.5) is 0 Å². The van der Waals surface area contributed by atoms with Gasteiger partial charge in [0.2, 0.25) is 5.78 Å². The number of Topliss-reactive ketones (excluding diaryl/α,β-unsaturated/α-hetero) is 1. The molecular weight excluding hydrogens is 305 g/mol. The quantitative estimate of drug-likeness (QED) is 0.449. The van der Waals surface area contributed by atoms with Crippen LogP contribution in [0.2, 0.25) is 10.0 Å². The molecule has 0 aliphatic carbocycles. The van der Waals surface area contributed by atoms with E-state index < -0.39 is 0 Å². The van der Waals surface area contributed by atoms with Crippen LogP contribution in [0, 0.1) is 18.3 Å². The molecule has 4 heteroatoms. The van der Waals surface area contributed by atoms with Gasteiger partial charge in [-0.2, -0.15) is 5.26 Å². The summed E-state index contributed by atoms with van der Waals surface area (Å²) in [6, 6.07) is 14.1. The lowest BCUT2D eigenvalue weighted by Gasteiger charge is -2.03. The molecule has 2 nitrogen and oxygen atoms in total. The molecular formula is C17H11Cl2NO. The fourth-order valence-electron chi connectivity index (χ4n) is 1.88. The zero-order valence-electron chi connectivity index (χ0n) is 11.2. The maximum atomic E-state index is 12.4. The predicted molar refractivity (Wildman–Crippen MR) is 85.6 cm³/mol. The van der Waals surface area contributed by atoms with Crippen LogP contribution < -0.4 is 0 Å². The number of allylic oxidation sites excluding steroid dienone is 1. The summed E-state index contributed by atoms with van der Waals surface area (Å²) in [5.41, 5.74) is 1.99. The molecule has 0 bridgehead atoms. The zero-order valence-corrected chi connectivity index (χ0v) is 12.7. The molecule has 0 atom stereocenters. The summed E-state index contributed by atoms with van der Waals surface area (Å²) in [7, 11) is 0. The van der Waals surface area contributed by atoms with Gasteiger partial charge in [-0.25, -0.2) is 0 Å². The lowest BCUT2D eigenvalue weighted by Crippen LogP contribution is -2.02. The van der Waals surface area contributed by atoms with E-state index in [0.29, 0.717) is 21.2 Å². The summed E-state index contributed by atoms with van der Waals surface area (Å²) in [4.78, 5) is 12.4. The van der Waals surface area contributed by atoms with E-state index in [1.165, 1.54) is 6.08 Å². The Hall–Kier alpha value is -2.08. The monoisotopic (exact) mass is 315 g/mol. The Kier molecular flexibility index (Phi) is 4.80. The first-order valence-corrected chi connectivity index (χ1v) is 6.95. The Morgan fingerprint density at radius 1 is 1.19 bits per heavy atom. The van der Waals surface area contributed by atoms with Gasteiger partial charge in [-0.1, -0.05) is 59.1 Å². The summed E-state index contributed by atoms with van der Waals surface area (Å²) in [5, 5.41) is 9.94. The van der Waals surface area contributed by atoms with Crippen molar-refractivity contribution in [2.75, 3.05) is 0 Å². The van der Waals surface area contributed by atoms with Gasteiger partial charge >= 0.3 is 0 Å². The molecule has 0 aliphatic heterocycles. The molecule has 2 aromatic rings. The van der Waals surface area contributed by atoms with Crippen molar-refractivity contribution in [3.05, 3.63) is 74.8 Å². The number of carbonyl (C=O) groups is 1. The smallest absolute Gasteiger partial charge is 0.203 e. The second-order valence-electron chi connectivity index (χ2n) is 4.51. The Balaban J connectivity index is 2.45. The van der Waals surface area contributed by atoms with Gasteiger partial charge in [0, 0.05) is 5.56 Å². The summed E-state index contributed by atoms with van der Waals surface area (Å²) in [6.45, 7) is 1.89. The summed E-state index contributed by atoms with van der Waals surface area (Å²) >= 11 is 12.0. The fourth-order valence-corrected chi connectivity index (χ4v) is 2.24. The molecule has 0 saturated heterocycles. The number of rotatable bonds is 3. The van der Waals surface area contributed by atoms with Crippen LogP contribution in [-0.2, 0) is 0 Å². The average molecular weight is 316 g/mol. The molecule has 2 rings (SSSR count). The SMILES string of the molecule is Cc1cccc(C(=O)/C(C#N)=C/c2cccc(Cl)c2Cl)c1.